The van der Waals surface area contributed by atoms with Gasteiger partial charge in [-0.3, -0.25) is 10.1 Å². The van der Waals surface area contributed by atoms with E-state index >= 15 is 0 Å². The Bertz CT molecular complexity index is 1120. The summed E-state index contributed by atoms with van der Waals surface area (Å²) in [5, 5.41) is 10.2. The number of carbonyl (C=O) groups is 1. The van der Waals surface area contributed by atoms with E-state index in [0.717, 1.165) is 16.7 Å². The number of hydrogen-bond acceptors (Lipinski definition) is 7. The monoisotopic (exact) mass is 415 g/mol. The Kier molecular flexibility index (Phi) is 5.97. The molecule has 29 heavy (non-hydrogen) atoms. The molecule has 0 aliphatic heterocycles. The second-order valence-electron chi connectivity index (χ2n) is 6.52. The van der Waals surface area contributed by atoms with Gasteiger partial charge in [0, 0.05) is 12.0 Å². The lowest BCUT2D eigenvalue weighted by Gasteiger charge is -2.05. The van der Waals surface area contributed by atoms with Gasteiger partial charge in [0.1, 0.15) is 5.75 Å². The van der Waals surface area contributed by atoms with Gasteiger partial charge in [0.05, 0.1) is 17.8 Å². The molecule has 0 fully saturated rings. The highest BCUT2D eigenvalue weighted by molar-refractivity contribution is 7.91. The van der Waals surface area contributed by atoms with Crippen LogP contribution in [-0.2, 0) is 14.6 Å². The Morgan fingerprint density at radius 1 is 1.10 bits per heavy atom. The van der Waals surface area contributed by atoms with Crippen LogP contribution in [0.15, 0.2) is 51.8 Å². The van der Waals surface area contributed by atoms with Crippen molar-refractivity contribution in [3.8, 4) is 17.2 Å². The number of sulfone groups is 1. The van der Waals surface area contributed by atoms with E-state index in [-0.39, 0.29) is 29.0 Å². The van der Waals surface area contributed by atoms with Gasteiger partial charge in [0.25, 0.3) is 0 Å². The van der Waals surface area contributed by atoms with Crippen molar-refractivity contribution in [3.63, 3.8) is 0 Å². The highest BCUT2D eigenvalue weighted by Crippen LogP contribution is 2.24. The van der Waals surface area contributed by atoms with Crippen LogP contribution in [0, 0.1) is 13.8 Å². The summed E-state index contributed by atoms with van der Waals surface area (Å²) in [5.41, 5.74) is 2.78. The Morgan fingerprint density at radius 3 is 2.52 bits per heavy atom. The van der Waals surface area contributed by atoms with Gasteiger partial charge in [-0.25, -0.2) is 8.42 Å². The van der Waals surface area contributed by atoms with Crippen LogP contribution in [0.3, 0.4) is 0 Å². The van der Waals surface area contributed by atoms with E-state index < -0.39 is 15.7 Å². The van der Waals surface area contributed by atoms with Crippen molar-refractivity contribution in [3.05, 3.63) is 53.6 Å². The van der Waals surface area contributed by atoms with Gasteiger partial charge in [-0.2, -0.15) is 0 Å². The van der Waals surface area contributed by atoms with Crippen LogP contribution in [0.25, 0.3) is 11.5 Å². The Balaban J connectivity index is 1.62. The standard InChI is InChI=1S/C20H21N3O5S/c1-13-4-5-14(2)17(12-13)19-22-23-20(28-19)21-18(24)10-11-29(25,26)16-8-6-15(27-3)7-9-16/h4-9,12H,10-11H2,1-3H3,(H,21,23,24). The molecule has 8 nitrogen and oxygen atoms in total. The molecule has 1 heterocycles. The number of rotatable bonds is 7. The van der Waals surface area contributed by atoms with Crippen molar-refractivity contribution >= 4 is 21.8 Å². The molecule has 0 saturated heterocycles. The third-order valence-electron chi connectivity index (χ3n) is 4.31. The highest BCUT2D eigenvalue weighted by Gasteiger charge is 2.18. The molecule has 3 rings (SSSR count). The number of nitrogens with zero attached hydrogens (tertiary/aromatic N) is 2. The van der Waals surface area contributed by atoms with Gasteiger partial charge in [-0.1, -0.05) is 22.8 Å². The molecule has 2 aromatic carbocycles. The van der Waals surface area contributed by atoms with Crippen LogP contribution in [0.1, 0.15) is 17.5 Å². The maximum atomic E-state index is 12.4. The summed E-state index contributed by atoms with van der Waals surface area (Å²) in [6, 6.07) is 11.8. The Morgan fingerprint density at radius 2 is 1.83 bits per heavy atom. The molecule has 1 amide bonds. The second kappa shape index (κ2) is 8.44. The predicted octanol–water partition coefficient (Wildman–Crippen LogP) is 3.16. The van der Waals surface area contributed by atoms with E-state index in [9.17, 15) is 13.2 Å². The lowest BCUT2D eigenvalue weighted by molar-refractivity contribution is -0.115. The number of hydrogen-bond donors (Lipinski definition) is 1. The van der Waals surface area contributed by atoms with Gasteiger partial charge in [-0.05, 0) is 49.7 Å². The second-order valence-corrected chi connectivity index (χ2v) is 8.63. The molecule has 0 aliphatic carbocycles. The smallest absolute Gasteiger partial charge is 0.322 e. The van der Waals surface area contributed by atoms with E-state index in [1.807, 2.05) is 32.0 Å². The molecule has 0 saturated carbocycles. The quantitative estimate of drug-likeness (QED) is 0.631. The SMILES string of the molecule is COc1ccc(S(=O)(=O)CCC(=O)Nc2nnc(-c3cc(C)ccc3C)o2)cc1. The maximum Gasteiger partial charge on any atom is 0.322 e. The molecule has 1 N–H and O–H groups in total. The number of aryl methyl sites for hydroxylation is 2. The molecule has 3 aromatic rings. The lowest BCUT2D eigenvalue weighted by Crippen LogP contribution is -2.17. The van der Waals surface area contributed by atoms with E-state index in [0.29, 0.717) is 5.75 Å². The molecular weight excluding hydrogens is 394 g/mol. The van der Waals surface area contributed by atoms with E-state index in [2.05, 4.69) is 15.5 Å². The van der Waals surface area contributed by atoms with Gasteiger partial charge in [0.2, 0.25) is 11.8 Å². The molecule has 0 unspecified atom stereocenters. The topological polar surface area (TPSA) is 111 Å². The first-order valence-electron chi connectivity index (χ1n) is 8.86. The Labute approximate surface area is 168 Å². The summed E-state index contributed by atoms with van der Waals surface area (Å²) in [5.74, 6) is -0.0355. The fourth-order valence-electron chi connectivity index (χ4n) is 2.66. The zero-order chi connectivity index (χ0) is 21.0. The zero-order valence-electron chi connectivity index (χ0n) is 16.3. The van der Waals surface area contributed by atoms with Gasteiger partial charge >= 0.3 is 6.01 Å². The van der Waals surface area contributed by atoms with Crippen molar-refractivity contribution in [2.75, 3.05) is 18.2 Å². The van der Waals surface area contributed by atoms with Crippen molar-refractivity contribution < 1.29 is 22.4 Å². The van der Waals surface area contributed by atoms with Crippen molar-refractivity contribution in [1.29, 1.82) is 0 Å². The van der Waals surface area contributed by atoms with Gasteiger partial charge in [-0.15, -0.1) is 5.10 Å². The molecule has 9 heteroatoms. The summed E-state index contributed by atoms with van der Waals surface area (Å²) in [6.45, 7) is 3.87. The van der Waals surface area contributed by atoms with E-state index in [4.69, 9.17) is 9.15 Å². The summed E-state index contributed by atoms with van der Waals surface area (Å²) in [6.07, 6.45) is -0.241. The Hall–Kier alpha value is -3.20. The van der Waals surface area contributed by atoms with E-state index in [1.165, 1.54) is 19.2 Å². The largest absolute Gasteiger partial charge is 0.497 e. The molecule has 0 spiro atoms. The number of methoxy groups -OCH3 is 1. The first-order chi connectivity index (χ1) is 13.8. The number of benzene rings is 2. The first kappa shape index (κ1) is 20.5. The van der Waals surface area contributed by atoms with E-state index in [1.54, 1.807) is 12.1 Å². The van der Waals surface area contributed by atoms with Crippen LogP contribution < -0.4 is 10.1 Å². The molecular formula is C20H21N3O5S. The average Bonchev–Trinajstić information content (AvgIpc) is 3.16. The third-order valence-corrected chi connectivity index (χ3v) is 6.04. The molecule has 1 aromatic heterocycles. The highest BCUT2D eigenvalue weighted by atomic mass is 32.2. The summed E-state index contributed by atoms with van der Waals surface area (Å²) in [4.78, 5) is 12.3. The summed E-state index contributed by atoms with van der Waals surface area (Å²) < 4.78 is 35.3. The third kappa shape index (κ3) is 5.00. The zero-order valence-corrected chi connectivity index (χ0v) is 17.1. The molecule has 0 aliphatic rings. The summed E-state index contributed by atoms with van der Waals surface area (Å²) >= 11 is 0. The molecule has 0 atom stereocenters. The number of ether oxygens (including phenoxy) is 1. The fourth-order valence-corrected chi connectivity index (χ4v) is 3.90. The van der Waals surface area contributed by atoms with Crippen molar-refractivity contribution in [1.82, 2.24) is 10.2 Å². The van der Waals surface area contributed by atoms with Crippen LogP contribution in [0.5, 0.6) is 5.75 Å². The average molecular weight is 415 g/mol. The van der Waals surface area contributed by atoms with Gasteiger partial charge in [0.15, 0.2) is 9.84 Å². The lowest BCUT2D eigenvalue weighted by atomic mass is 10.1. The number of anilines is 1. The number of aromatic nitrogens is 2. The van der Waals surface area contributed by atoms with Crippen LogP contribution in [0.2, 0.25) is 0 Å². The van der Waals surface area contributed by atoms with Crippen LogP contribution in [-0.4, -0.2) is 37.4 Å². The van der Waals surface area contributed by atoms with Crippen molar-refractivity contribution in [2.24, 2.45) is 0 Å². The minimum atomic E-state index is -3.60. The molecule has 152 valence electrons. The number of carbonyl (C=O) groups excluding carboxylic acids is 1. The normalized spacial score (nSPS) is 11.3. The number of nitrogens with one attached hydrogen (secondary N) is 1. The van der Waals surface area contributed by atoms with Crippen molar-refractivity contribution in [2.45, 2.75) is 25.2 Å². The fraction of sp³-hybridized carbons (Fsp3) is 0.250. The van der Waals surface area contributed by atoms with Crippen LogP contribution >= 0.6 is 0 Å². The minimum Gasteiger partial charge on any atom is -0.497 e. The summed E-state index contributed by atoms with van der Waals surface area (Å²) in [7, 11) is -2.11. The predicted molar refractivity (Wildman–Crippen MR) is 108 cm³/mol. The molecule has 0 bridgehead atoms. The minimum absolute atomic E-state index is 0.0762. The first-order valence-corrected chi connectivity index (χ1v) is 10.5. The maximum absolute atomic E-state index is 12.4. The van der Waals surface area contributed by atoms with Crippen LogP contribution in [0.4, 0.5) is 6.01 Å². The number of amides is 1. The molecule has 0 radical (unpaired) electrons. The van der Waals surface area contributed by atoms with Gasteiger partial charge < -0.3 is 9.15 Å².